The highest BCUT2D eigenvalue weighted by atomic mass is 32.1. The minimum Gasteiger partial charge on any atom is -0.316 e. The van der Waals surface area contributed by atoms with Crippen LogP contribution in [-0.2, 0) is 4.79 Å². The van der Waals surface area contributed by atoms with Gasteiger partial charge in [-0.25, -0.2) is 0 Å². The molecule has 3 nitrogen and oxygen atoms in total. The van der Waals surface area contributed by atoms with Crippen LogP contribution in [0.5, 0.6) is 0 Å². The summed E-state index contributed by atoms with van der Waals surface area (Å²) in [5.41, 5.74) is 3.22. The molecule has 0 saturated heterocycles. The summed E-state index contributed by atoms with van der Waals surface area (Å²) >= 11 is 1.31. The van der Waals surface area contributed by atoms with Gasteiger partial charge >= 0.3 is 0 Å². The zero-order chi connectivity index (χ0) is 16.1. The maximum atomic E-state index is 12.4. The minimum atomic E-state index is 0.00589. The van der Waals surface area contributed by atoms with Crippen molar-refractivity contribution in [1.82, 2.24) is 4.37 Å². The van der Waals surface area contributed by atoms with E-state index in [0.29, 0.717) is 6.42 Å². The number of aromatic nitrogens is 1. The van der Waals surface area contributed by atoms with Crippen LogP contribution in [0, 0.1) is 6.92 Å². The van der Waals surface area contributed by atoms with Gasteiger partial charge in [0.1, 0.15) is 5.00 Å². The van der Waals surface area contributed by atoms with E-state index in [4.69, 9.17) is 0 Å². The van der Waals surface area contributed by atoms with Crippen LogP contribution in [0.25, 0.3) is 0 Å². The molecule has 0 saturated carbocycles. The first kappa shape index (κ1) is 15.4. The maximum Gasteiger partial charge on any atom is 0.225 e. The molecule has 2 aromatic carbocycles. The largest absolute Gasteiger partial charge is 0.316 e. The van der Waals surface area contributed by atoms with E-state index in [0.717, 1.165) is 21.8 Å². The van der Waals surface area contributed by atoms with Gasteiger partial charge in [-0.1, -0.05) is 60.7 Å². The highest BCUT2D eigenvalue weighted by molar-refractivity contribution is 7.10. The summed E-state index contributed by atoms with van der Waals surface area (Å²) in [6.07, 6.45) is 0.408. The lowest BCUT2D eigenvalue weighted by Crippen LogP contribution is -2.15. The van der Waals surface area contributed by atoms with Gasteiger partial charge in [-0.3, -0.25) is 4.79 Å². The standard InChI is InChI=1S/C19H18N2OS/c1-14-12-19(23-21-14)20-18(22)13-17(15-8-4-2-5-9-15)16-10-6-3-7-11-16/h2-12,17H,13H2,1H3,(H,20,22). The Hall–Kier alpha value is -2.46. The summed E-state index contributed by atoms with van der Waals surface area (Å²) in [7, 11) is 0. The summed E-state index contributed by atoms with van der Waals surface area (Å²) in [6.45, 7) is 1.92. The molecule has 0 radical (unpaired) electrons. The third-order valence-corrected chi connectivity index (χ3v) is 4.48. The zero-order valence-electron chi connectivity index (χ0n) is 12.9. The summed E-state index contributed by atoms with van der Waals surface area (Å²) < 4.78 is 4.19. The molecule has 1 amide bonds. The quantitative estimate of drug-likeness (QED) is 0.745. The van der Waals surface area contributed by atoms with Crippen molar-refractivity contribution < 1.29 is 4.79 Å². The lowest BCUT2D eigenvalue weighted by molar-refractivity contribution is -0.116. The second kappa shape index (κ2) is 7.20. The van der Waals surface area contributed by atoms with Crippen LogP contribution in [0.4, 0.5) is 5.00 Å². The van der Waals surface area contributed by atoms with Crippen molar-refractivity contribution in [2.45, 2.75) is 19.3 Å². The molecule has 3 rings (SSSR count). The van der Waals surface area contributed by atoms with E-state index < -0.39 is 0 Å². The molecule has 116 valence electrons. The summed E-state index contributed by atoms with van der Waals surface area (Å²) in [6, 6.07) is 22.2. The Labute approximate surface area is 140 Å². The fourth-order valence-electron chi connectivity index (χ4n) is 2.60. The Bertz CT molecular complexity index is 729. The number of amides is 1. The number of nitrogens with one attached hydrogen (secondary N) is 1. The van der Waals surface area contributed by atoms with Gasteiger partial charge in [0.15, 0.2) is 0 Å². The lowest BCUT2D eigenvalue weighted by Gasteiger charge is -2.17. The van der Waals surface area contributed by atoms with E-state index in [-0.39, 0.29) is 11.8 Å². The first-order valence-corrected chi connectivity index (χ1v) is 8.33. The van der Waals surface area contributed by atoms with Crippen molar-refractivity contribution >= 4 is 22.4 Å². The molecular formula is C19H18N2OS. The zero-order valence-corrected chi connectivity index (χ0v) is 13.7. The van der Waals surface area contributed by atoms with Gasteiger partial charge in [-0.15, -0.1) is 0 Å². The molecule has 3 aromatic rings. The second-order valence-electron chi connectivity index (χ2n) is 5.46. The van der Waals surface area contributed by atoms with E-state index in [1.54, 1.807) is 0 Å². The first-order chi connectivity index (χ1) is 11.2. The van der Waals surface area contributed by atoms with Crippen molar-refractivity contribution in [3.8, 4) is 0 Å². The number of carbonyl (C=O) groups excluding carboxylic acids is 1. The first-order valence-electron chi connectivity index (χ1n) is 7.55. The maximum absolute atomic E-state index is 12.4. The fraction of sp³-hybridized carbons (Fsp3) is 0.158. The lowest BCUT2D eigenvalue weighted by atomic mass is 9.88. The monoisotopic (exact) mass is 322 g/mol. The van der Waals surface area contributed by atoms with Crippen LogP contribution in [0.2, 0.25) is 0 Å². The number of hydrogen-bond acceptors (Lipinski definition) is 3. The number of nitrogens with zero attached hydrogens (tertiary/aromatic N) is 1. The molecule has 23 heavy (non-hydrogen) atoms. The van der Waals surface area contributed by atoms with Crippen LogP contribution in [0.15, 0.2) is 66.7 Å². The molecular weight excluding hydrogens is 304 g/mol. The van der Waals surface area contributed by atoms with E-state index in [1.165, 1.54) is 11.5 Å². The molecule has 1 aromatic heterocycles. The second-order valence-corrected chi connectivity index (χ2v) is 6.26. The molecule has 0 bridgehead atoms. The van der Waals surface area contributed by atoms with E-state index in [9.17, 15) is 4.79 Å². The Morgan fingerprint density at radius 1 is 1.04 bits per heavy atom. The Kier molecular flexibility index (Phi) is 4.83. The van der Waals surface area contributed by atoms with Crippen molar-refractivity contribution in [3.05, 3.63) is 83.6 Å². The van der Waals surface area contributed by atoms with E-state index in [2.05, 4.69) is 34.0 Å². The molecule has 1 heterocycles. The Morgan fingerprint density at radius 3 is 2.09 bits per heavy atom. The van der Waals surface area contributed by atoms with Crippen LogP contribution in [0.1, 0.15) is 29.2 Å². The highest BCUT2D eigenvalue weighted by Crippen LogP contribution is 2.28. The van der Waals surface area contributed by atoms with Crippen molar-refractivity contribution in [1.29, 1.82) is 0 Å². The SMILES string of the molecule is Cc1cc(NC(=O)CC(c2ccccc2)c2ccccc2)sn1. The van der Waals surface area contributed by atoms with Crippen molar-refractivity contribution in [2.75, 3.05) is 5.32 Å². The number of hydrogen-bond donors (Lipinski definition) is 1. The molecule has 0 aliphatic carbocycles. The molecule has 0 fully saturated rings. The summed E-state index contributed by atoms with van der Waals surface area (Å²) in [4.78, 5) is 12.4. The minimum absolute atomic E-state index is 0.00589. The molecule has 4 heteroatoms. The van der Waals surface area contributed by atoms with E-state index >= 15 is 0 Å². The van der Waals surface area contributed by atoms with Crippen LogP contribution in [0.3, 0.4) is 0 Å². The molecule has 1 N–H and O–H groups in total. The van der Waals surface area contributed by atoms with Crippen molar-refractivity contribution in [3.63, 3.8) is 0 Å². The number of rotatable bonds is 5. The summed E-state index contributed by atoms with van der Waals surface area (Å²) in [5.74, 6) is 0.0535. The van der Waals surface area contributed by atoms with Crippen LogP contribution >= 0.6 is 11.5 Å². The molecule has 0 atom stereocenters. The van der Waals surface area contributed by atoms with Gasteiger partial charge in [0, 0.05) is 12.3 Å². The fourth-order valence-corrected chi connectivity index (χ4v) is 3.27. The average molecular weight is 322 g/mol. The van der Waals surface area contributed by atoms with Gasteiger partial charge in [-0.2, -0.15) is 4.37 Å². The van der Waals surface area contributed by atoms with Gasteiger partial charge in [0.2, 0.25) is 5.91 Å². The van der Waals surface area contributed by atoms with E-state index in [1.807, 2.05) is 49.4 Å². The van der Waals surface area contributed by atoms with Crippen molar-refractivity contribution in [2.24, 2.45) is 0 Å². The van der Waals surface area contributed by atoms with Gasteiger partial charge in [-0.05, 0) is 35.6 Å². The smallest absolute Gasteiger partial charge is 0.225 e. The molecule has 0 aliphatic heterocycles. The van der Waals surface area contributed by atoms with Gasteiger partial charge in [0.25, 0.3) is 0 Å². The van der Waals surface area contributed by atoms with Gasteiger partial charge in [0.05, 0.1) is 5.69 Å². The topological polar surface area (TPSA) is 42.0 Å². The highest BCUT2D eigenvalue weighted by Gasteiger charge is 2.18. The number of carbonyl (C=O) groups is 1. The molecule has 0 unspecified atom stereocenters. The van der Waals surface area contributed by atoms with Crippen LogP contribution < -0.4 is 5.32 Å². The third-order valence-electron chi connectivity index (χ3n) is 3.68. The Balaban J connectivity index is 1.80. The third kappa shape index (κ3) is 4.05. The van der Waals surface area contributed by atoms with Crippen LogP contribution in [-0.4, -0.2) is 10.3 Å². The molecule has 0 spiro atoms. The predicted molar refractivity (Wildman–Crippen MR) is 94.8 cm³/mol. The number of benzene rings is 2. The number of anilines is 1. The summed E-state index contributed by atoms with van der Waals surface area (Å²) in [5, 5.41) is 3.75. The van der Waals surface area contributed by atoms with Gasteiger partial charge < -0.3 is 5.32 Å². The Morgan fingerprint density at radius 2 is 1.61 bits per heavy atom. The predicted octanol–water partition coefficient (Wildman–Crippen LogP) is 4.61. The molecule has 0 aliphatic rings. The number of aryl methyl sites for hydroxylation is 1. The normalized spacial score (nSPS) is 10.7. The average Bonchev–Trinajstić information content (AvgIpc) is 2.99.